The first-order valence-corrected chi connectivity index (χ1v) is 5.06. The van der Waals surface area contributed by atoms with Gasteiger partial charge in [0, 0.05) is 6.04 Å². The van der Waals surface area contributed by atoms with Crippen LogP contribution in [0, 0.1) is 5.92 Å². The zero-order valence-electron chi connectivity index (χ0n) is 8.78. The van der Waals surface area contributed by atoms with Crippen molar-refractivity contribution < 1.29 is 0 Å². The summed E-state index contributed by atoms with van der Waals surface area (Å²) in [5, 5.41) is 3.51. The summed E-state index contributed by atoms with van der Waals surface area (Å²) >= 11 is 0. The van der Waals surface area contributed by atoms with Crippen LogP contribution in [0.1, 0.15) is 40.5 Å². The molecule has 1 heterocycles. The smallest absolute Gasteiger partial charge is 0.0253 e. The van der Waals surface area contributed by atoms with Crippen LogP contribution < -0.4 is 5.32 Å². The summed E-state index contributed by atoms with van der Waals surface area (Å²) in [6.07, 6.45) is 2.61. The summed E-state index contributed by atoms with van der Waals surface area (Å²) in [5.41, 5.74) is 3.24. The molecule has 1 saturated heterocycles. The fourth-order valence-corrected chi connectivity index (χ4v) is 1.85. The fourth-order valence-electron chi connectivity index (χ4n) is 1.85. The van der Waals surface area contributed by atoms with E-state index in [1.54, 1.807) is 11.1 Å². The zero-order valence-corrected chi connectivity index (χ0v) is 8.78. The van der Waals surface area contributed by atoms with E-state index < -0.39 is 0 Å². The molecule has 1 nitrogen and oxygen atoms in total. The van der Waals surface area contributed by atoms with Gasteiger partial charge in [0.1, 0.15) is 0 Å². The summed E-state index contributed by atoms with van der Waals surface area (Å²) in [4.78, 5) is 0. The molecule has 12 heavy (non-hydrogen) atoms. The van der Waals surface area contributed by atoms with Gasteiger partial charge in [0.25, 0.3) is 0 Å². The molecule has 0 aromatic rings. The number of piperidine rings is 1. The number of allylic oxidation sites excluding steroid dienone is 1. The highest BCUT2D eigenvalue weighted by Crippen LogP contribution is 2.23. The molecule has 1 N–H and O–H groups in total. The Labute approximate surface area is 76.2 Å². The molecule has 0 spiro atoms. The van der Waals surface area contributed by atoms with Gasteiger partial charge >= 0.3 is 0 Å². The molecular formula is C11H21N. The number of rotatable bonds is 1. The van der Waals surface area contributed by atoms with Crippen LogP contribution in [0.2, 0.25) is 0 Å². The lowest BCUT2D eigenvalue weighted by Gasteiger charge is -2.27. The summed E-state index contributed by atoms with van der Waals surface area (Å²) in [7, 11) is 0. The second-order valence-electron chi connectivity index (χ2n) is 4.14. The van der Waals surface area contributed by atoms with Gasteiger partial charge in [-0.25, -0.2) is 0 Å². The second-order valence-corrected chi connectivity index (χ2v) is 4.14. The van der Waals surface area contributed by atoms with Crippen LogP contribution in [0.25, 0.3) is 0 Å². The topological polar surface area (TPSA) is 12.0 Å². The zero-order chi connectivity index (χ0) is 9.14. The lowest BCUT2D eigenvalue weighted by atomic mass is 9.89. The van der Waals surface area contributed by atoms with E-state index in [0.717, 1.165) is 0 Å². The average Bonchev–Trinajstić information content (AvgIpc) is 2.04. The molecule has 1 aliphatic heterocycles. The molecule has 0 aliphatic carbocycles. The highest BCUT2D eigenvalue weighted by Gasteiger charge is 2.16. The minimum Gasteiger partial charge on any atom is -0.311 e. The lowest BCUT2D eigenvalue weighted by Crippen LogP contribution is -2.34. The van der Waals surface area contributed by atoms with Crippen molar-refractivity contribution in [3.8, 4) is 0 Å². The van der Waals surface area contributed by atoms with Crippen molar-refractivity contribution in [2.45, 2.75) is 46.6 Å². The predicted octanol–water partition coefficient (Wildman–Crippen LogP) is 2.73. The molecule has 1 atom stereocenters. The summed E-state index contributed by atoms with van der Waals surface area (Å²) in [6, 6.07) is 0.612. The standard InChI is InChI=1S/C11H21N/c1-8(2)9(3)11-6-5-7-12-10(11)4/h8,10,12H,5-7H2,1-4H3. The van der Waals surface area contributed by atoms with E-state index >= 15 is 0 Å². The van der Waals surface area contributed by atoms with Crippen LogP contribution in [0.4, 0.5) is 0 Å². The Morgan fingerprint density at radius 3 is 2.67 bits per heavy atom. The highest BCUT2D eigenvalue weighted by atomic mass is 14.9. The van der Waals surface area contributed by atoms with Crippen molar-refractivity contribution in [1.29, 1.82) is 0 Å². The molecule has 1 aliphatic rings. The van der Waals surface area contributed by atoms with Gasteiger partial charge < -0.3 is 5.32 Å². The third-order valence-electron chi connectivity index (χ3n) is 2.97. The van der Waals surface area contributed by atoms with E-state index in [0.29, 0.717) is 12.0 Å². The van der Waals surface area contributed by atoms with Gasteiger partial charge in [-0.15, -0.1) is 0 Å². The first-order valence-electron chi connectivity index (χ1n) is 5.06. The van der Waals surface area contributed by atoms with Gasteiger partial charge in [0.2, 0.25) is 0 Å². The van der Waals surface area contributed by atoms with Crippen LogP contribution in [0.5, 0.6) is 0 Å². The van der Waals surface area contributed by atoms with E-state index in [-0.39, 0.29) is 0 Å². The molecule has 1 fully saturated rings. The minimum absolute atomic E-state index is 0.612. The van der Waals surface area contributed by atoms with Crippen LogP contribution in [0.15, 0.2) is 11.1 Å². The predicted molar refractivity (Wildman–Crippen MR) is 54.2 cm³/mol. The lowest BCUT2D eigenvalue weighted by molar-refractivity contribution is 0.503. The van der Waals surface area contributed by atoms with Crippen LogP contribution in [0.3, 0.4) is 0 Å². The molecule has 0 aromatic carbocycles. The van der Waals surface area contributed by atoms with Crippen molar-refractivity contribution in [3.63, 3.8) is 0 Å². The average molecular weight is 167 g/mol. The summed E-state index contributed by atoms with van der Waals surface area (Å²) < 4.78 is 0. The largest absolute Gasteiger partial charge is 0.311 e. The molecule has 0 saturated carbocycles. The maximum Gasteiger partial charge on any atom is 0.0253 e. The number of nitrogens with one attached hydrogen (secondary N) is 1. The van der Waals surface area contributed by atoms with Gasteiger partial charge in [-0.3, -0.25) is 0 Å². The van der Waals surface area contributed by atoms with E-state index in [9.17, 15) is 0 Å². The Hall–Kier alpha value is -0.300. The molecular weight excluding hydrogens is 146 g/mol. The Morgan fingerprint density at radius 1 is 1.50 bits per heavy atom. The fraction of sp³-hybridized carbons (Fsp3) is 0.818. The summed E-state index contributed by atoms with van der Waals surface area (Å²) in [6.45, 7) is 10.3. The SMILES string of the molecule is CC(=C1CCCNC1C)C(C)C. The van der Waals surface area contributed by atoms with Crippen LogP contribution in [-0.4, -0.2) is 12.6 Å². The van der Waals surface area contributed by atoms with Crippen molar-refractivity contribution in [2.75, 3.05) is 6.54 Å². The molecule has 70 valence electrons. The van der Waals surface area contributed by atoms with E-state index in [1.165, 1.54) is 19.4 Å². The van der Waals surface area contributed by atoms with Crippen LogP contribution >= 0.6 is 0 Å². The van der Waals surface area contributed by atoms with Crippen molar-refractivity contribution in [2.24, 2.45) is 5.92 Å². The molecule has 0 aromatic heterocycles. The first-order chi connectivity index (χ1) is 5.63. The molecule has 1 unspecified atom stereocenters. The maximum atomic E-state index is 3.51. The van der Waals surface area contributed by atoms with Gasteiger partial charge in [-0.05, 0) is 39.2 Å². The molecule has 0 radical (unpaired) electrons. The highest BCUT2D eigenvalue weighted by molar-refractivity contribution is 5.20. The Morgan fingerprint density at radius 2 is 2.17 bits per heavy atom. The van der Waals surface area contributed by atoms with E-state index in [4.69, 9.17) is 0 Å². The Kier molecular flexibility index (Phi) is 3.33. The number of hydrogen-bond acceptors (Lipinski definition) is 1. The molecule has 0 amide bonds. The van der Waals surface area contributed by atoms with Crippen LogP contribution in [-0.2, 0) is 0 Å². The van der Waals surface area contributed by atoms with Crippen molar-refractivity contribution in [3.05, 3.63) is 11.1 Å². The normalized spacial score (nSPS) is 29.2. The van der Waals surface area contributed by atoms with Crippen molar-refractivity contribution >= 4 is 0 Å². The first kappa shape index (κ1) is 9.79. The third kappa shape index (κ3) is 2.10. The van der Waals surface area contributed by atoms with Gasteiger partial charge in [-0.2, -0.15) is 0 Å². The monoisotopic (exact) mass is 167 g/mol. The van der Waals surface area contributed by atoms with E-state index in [1.807, 2.05) is 0 Å². The van der Waals surface area contributed by atoms with E-state index in [2.05, 4.69) is 33.0 Å². The van der Waals surface area contributed by atoms with Gasteiger partial charge in [-0.1, -0.05) is 25.0 Å². The van der Waals surface area contributed by atoms with Crippen molar-refractivity contribution in [1.82, 2.24) is 5.32 Å². The van der Waals surface area contributed by atoms with Gasteiger partial charge in [0.15, 0.2) is 0 Å². The number of hydrogen-bond donors (Lipinski definition) is 1. The molecule has 1 heteroatoms. The summed E-state index contributed by atoms with van der Waals surface area (Å²) in [5.74, 6) is 0.711. The Bertz CT molecular complexity index is 179. The third-order valence-corrected chi connectivity index (χ3v) is 2.97. The van der Waals surface area contributed by atoms with Gasteiger partial charge in [0.05, 0.1) is 0 Å². The maximum absolute atomic E-state index is 3.51. The second kappa shape index (κ2) is 4.08. The Balaban J connectivity index is 2.75. The quantitative estimate of drug-likeness (QED) is 0.592. The minimum atomic E-state index is 0.612. The molecule has 0 bridgehead atoms. The molecule has 1 rings (SSSR count).